The van der Waals surface area contributed by atoms with Crippen molar-refractivity contribution in [3.63, 3.8) is 0 Å². The van der Waals surface area contributed by atoms with E-state index in [2.05, 4.69) is 36.5 Å². The van der Waals surface area contributed by atoms with Crippen LogP contribution in [0, 0.1) is 5.92 Å². The van der Waals surface area contributed by atoms with Gasteiger partial charge in [-0.2, -0.15) is 0 Å². The van der Waals surface area contributed by atoms with Crippen LogP contribution in [0.25, 0.3) is 11.1 Å². The highest BCUT2D eigenvalue weighted by Crippen LogP contribution is 2.44. The standard InChI is InChI=1S/C43H67NO13/c1-3-5-10-36(4-2)42(45)56-34-33-55-32-31-54-30-29-53-28-27-52-26-25-51-24-23-50-22-21-49-20-19-48-18-17-47-16-15-44-43(46)57-35-41-39-13-8-6-11-37(39)38-12-7-9-14-40(38)41/h6-9,11-14,36,41H,3-5,10,15-35H2,1-2H3,(H,44,46). The van der Waals surface area contributed by atoms with Crippen molar-refractivity contribution < 1.29 is 61.7 Å². The number of hydrogen-bond donors (Lipinski definition) is 1. The molecule has 2 aromatic carbocycles. The second kappa shape index (κ2) is 32.7. The predicted molar refractivity (Wildman–Crippen MR) is 215 cm³/mol. The second-order valence-corrected chi connectivity index (χ2v) is 13.2. The average molecular weight is 806 g/mol. The lowest BCUT2D eigenvalue weighted by Crippen LogP contribution is -2.29. The van der Waals surface area contributed by atoms with E-state index >= 15 is 0 Å². The molecular weight excluding hydrogens is 738 g/mol. The van der Waals surface area contributed by atoms with Gasteiger partial charge in [-0.25, -0.2) is 4.79 Å². The lowest BCUT2D eigenvalue weighted by atomic mass is 9.98. The molecule has 14 heteroatoms. The number of esters is 1. The van der Waals surface area contributed by atoms with E-state index in [1.807, 2.05) is 31.2 Å². The fraction of sp³-hybridized carbons (Fsp3) is 0.674. The van der Waals surface area contributed by atoms with Gasteiger partial charge in [0.25, 0.3) is 0 Å². The van der Waals surface area contributed by atoms with E-state index in [1.165, 1.54) is 22.3 Å². The van der Waals surface area contributed by atoms with Crippen LogP contribution >= 0.6 is 0 Å². The summed E-state index contributed by atoms with van der Waals surface area (Å²) in [5, 5.41) is 2.74. The summed E-state index contributed by atoms with van der Waals surface area (Å²) < 4.78 is 60.3. The van der Waals surface area contributed by atoms with Crippen LogP contribution in [0.15, 0.2) is 48.5 Å². The monoisotopic (exact) mass is 805 g/mol. The van der Waals surface area contributed by atoms with Crippen LogP contribution in [0.3, 0.4) is 0 Å². The number of rotatable bonds is 37. The molecule has 0 heterocycles. The number of carbonyl (C=O) groups excluding carboxylic acids is 2. The Morgan fingerprint density at radius 3 is 1.32 bits per heavy atom. The molecule has 0 bridgehead atoms. The summed E-state index contributed by atoms with van der Waals surface area (Å²) in [4.78, 5) is 24.3. The molecule has 0 fully saturated rings. The van der Waals surface area contributed by atoms with Gasteiger partial charge in [0, 0.05) is 12.5 Å². The average Bonchev–Trinajstić information content (AvgIpc) is 3.55. The van der Waals surface area contributed by atoms with Crippen molar-refractivity contribution in [3.05, 3.63) is 59.7 Å². The highest BCUT2D eigenvalue weighted by molar-refractivity contribution is 5.79. The van der Waals surface area contributed by atoms with Crippen LogP contribution in [-0.2, 0) is 56.9 Å². The molecule has 2 aromatic rings. The van der Waals surface area contributed by atoms with Crippen LogP contribution in [0.5, 0.6) is 0 Å². The summed E-state index contributed by atoms with van der Waals surface area (Å²) in [5.41, 5.74) is 4.76. The molecule has 1 atom stereocenters. The van der Waals surface area contributed by atoms with E-state index in [4.69, 9.17) is 52.1 Å². The molecule has 3 rings (SSSR count). The summed E-state index contributed by atoms with van der Waals surface area (Å²) in [6, 6.07) is 16.5. The maximum absolute atomic E-state index is 12.3. The van der Waals surface area contributed by atoms with Crippen molar-refractivity contribution in [2.24, 2.45) is 5.92 Å². The second-order valence-electron chi connectivity index (χ2n) is 13.2. The van der Waals surface area contributed by atoms with Gasteiger partial charge >= 0.3 is 12.1 Å². The Hall–Kier alpha value is -3.18. The minimum Gasteiger partial charge on any atom is -0.463 e. The minimum atomic E-state index is -0.455. The minimum absolute atomic E-state index is 0.00985. The fourth-order valence-corrected chi connectivity index (χ4v) is 5.99. The van der Waals surface area contributed by atoms with Crippen molar-refractivity contribution in [2.45, 2.75) is 45.4 Å². The molecule has 0 saturated heterocycles. The Labute approximate surface area is 339 Å². The number of unbranched alkanes of at least 4 members (excludes halogenated alkanes) is 1. The molecule has 1 N–H and O–H groups in total. The third-order valence-corrected chi connectivity index (χ3v) is 9.04. The number of hydrogen-bond acceptors (Lipinski definition) is 13. The van der Waals surface area contributed by atoms with E-state index in [-0.39, 0.29) is 31.0 Å². The van der Waals surface area contributed by atoms with E-state index in [9.17, 15) is 9.59 Å². The zero-order valence-corrected chi connectivity index (χ0v) is 34.3. The highest BCUT2D eigenvalue weighted by atomic mass is 16.6. The summed E-state index contributed by atoms with van der Waals surface area (Å²) >= 11 is 0. The van der Waals surface area contributed by atoms with Gasteiger partial charge in [-0.1, -0.05) is 75.2 Å². The number of benzene rings is 2. The lowest BCUT2D eigenvalue weighted by molar-refractivity contribution is -0.150. The Morgan fingerprint density at radius 1 is 0.526 bits per heavy atom. The lowest BCUT2D eigenvalue weighted by Gasteiger charge is -2.14. The molecule has 0 spiro atoms. The first-order valence-corrected chi connectivity index (χ1v) is 20.6. The molecule has 322 valence electrons. The van der Waals surface area contributed by atoms with E-state index in [1.54, 1.807) is 0 Å². The van der Waals surface area contributed by atoms with Crippen molar-refractivity contribution in [1.29, 1.82) is 0 Å². The van der Waals surface area contributed by atoms with Gasteiger partial charge < -0.3 is 57.4 Å². The van der Waals surface area contributed by atoms with Crippen LogP contribution in [0.2, 0.25) is 0 Å². The summed E-state index contributed by atoms with van der Waals surface area (Å²) in [6.45, 7) is 13.3. The predicted octanol–water partition coefficient (Wildman–Crippen LogP) is 5.43. The number of alkyl carbamates (subject to hydrolysis) is 1. The molecule has 1 amide bonds. The maximum Gasteiger partial charge on any atom is 0.407 e. The van der Waals surface area contributed by atoms with Crippen LogP contribution in [-0.4, -0.2) is 151 Å². The third kappa shape index (κ3) is 21.4. The Bertz CT molecular complexity index is 1270. The normalized spacial score (nSPS) is 12.7. The highest BCUT2D eigenvalue weighted by Gasteiger charge is 2.29. The smallest absolute Gasteiger partial charge is 0.407 e. The van der Waals surface area contributed by atoms with Crippen LogP contribution in [0.4, 0.5) is 4.79 Å². The largest absolute Gasteiger partial charge is 0.463 e. The van der Waals surface area contributed by atoms with Gasteiger partial charge in [0.1, 0.15) is 13.2 Å². The first kappa shape index (κ1) is 48.2. The van der Waals surface area contributed by atoms with Crippen molar-refractivity contribution in [1.82, 2.24) is 5.32 Å². The van der Waals surface area contributed by atoms with Crippen LogP contribution < -0.4 is 5.32 Å². The van der Waals surface area contributed by atoms with Crippen molar-refractivity contribution in [2.75, 3.05) is 139 Å². The zero-order chi connectivity index (χ0) is 40.4. The number of nitrogens with one attached hydrogen (secondary N) is 1. The van der Waals surface area contributed by atoms with Gasteiger partial charge in [0.2, 0.25) is 0 Å². The van der Waals surface area contributed by atoms with Gasteiger partial charge in [-0.05, 0) is 35.1 Å². The summed E-state index contributed by atoms with van der Waals surface area (Å²) in [5.74, 6) is -0.100. The van der Waals surface area contributed by atoms with E-state index in [0.717, 1.165) is 25.7 Å². The quantitative estimate of drug-likeness (QED) is 0.0684. The number of amides is 1. The molecule has 1 aliphatic carbocycles. The Kier molecular flexibility index (Phi) is 27.7. The molecule has 0 aliphatic heterocycles. The van der Waals surface area contributed by atoms with Gasteiger partial charge in [-0.3, -0.25) is 4.79 Å². The fourth-order valence-electron chi connectivity index (χ4n) is 5.99. The molecule has 1 aliphatic rings. The Morgan fingerprint density at radius 2 is 0.912 bits per heavy atom. The molecule has 57 heavy (non-hydrogen) atoms. The molecule has 0 aromatic heterocycles. The molecule has 0 saturated carbocycles. The first-order chi connectivity index (χ1) is 28.2. The summed E-state index contributed by atoms with van der Waals surface area (Å²) in [7, 11) is 0. The number of ether oxygens (including phenoxy) is 11. The molecule has 1 unspecified atom stereocenters. The van der Waals surface area contributed by atoms with Crippen molar-refractivity contribution >= 4 is 12.1 Å². The molecule has 14 nitrogen and oxygen atoms in total. The molecular formula is C43H67NO13. The molecule has 0 radical (unpaired) electrons. The number of carbonyl (C=O) groups is 2. The first-order valence-electron chi connectivity index (χ1n) is 20.6. The van der Waals surface area contributed by atoms with Gasteiger partial charge in [-0.15, -0.1) is 0 Å². The SMILES string of the molecule is CCCCC(CC)C(=O)OCCOCCOCCOCCOCCOCCOCCOCCOCCOCCNC(=O)OCC1c2ccccc2-c2ccccc21. The van der Waals surface area contributed by atoms with Gasteiger partial charge in [0.15, 0.2) is 0 Å². The van der Waals surface area contributed by atoms with Crippen molar-refractivity contribution in [3.8, 4) is 11.1 Å². The Balaban J connectivity index is 0.953. The van der Waals surface area contributed by atoms with Crippen LogP contribution in [0.1, 0.15) is 56.6 Å². The third-order valence-electron chi connectivity index (χ3n) is 9.04. The van der Waals surface area contributed by atoms with E-state index < -0.39 is 6.09 Å². The van der Waals surface area contributed by atoms with E-state index in [0.29, 0.717) is 125 Å². The topological polar surface area (TPSA) is 148 Å². The maximum atomic E-state index is 12.3. The van der Waals surface area contributed by atoms with Gasteiger partial charge in [0.05, 0.1) is 125 Å². The zero-order valence-electron chi connectivity index (χ0n) is 34.3. The summed E-state index contributed by atoms with van der Waals surface area (Å²) in [6.07, 6.45) is 3.36. The number of fused-ring (bicyclic) bond motifs is 3.